The highest BCUT2D eigenvalue weighted by atomic mass is 35.5. The minimum Gasteiger partial charge on any atom is -0.480 e. The number of aliphatic carboxylic acids is 1. The SMILES string of the molecule is CN1CCC(NC(=O)N(CC(=O)O)c2ccc(Cl)cc2)C1. The van der Waals surface area contributed by atoms with E-state index in [0.29, 0.717) is 10.7 Å². The highest BCUT2D eigenvalue weighted by Gasteiger charge is 2.25. The molecule has 2 rings (SSSR count). The molecule has 0 aliphatic carbocycles. The Bertz CT molecular complexity index is 521. The first-order chi connectivity index (χ1) is 9.95. The second kappa shape index (κ2) is 6.78. The Labute approximate surface area is 128 Å². The first-order valence-electron chi connectivity index (χ1n) is 6.69. The molecule has 1 aromatic rings. The number of hydrogen-bond donors (Lipinski definition) is 2. The van der Waals surface area contributed by atoms with Crippen LogP contribution in [-0.2, 0) is 4.79 Å². The number of hydrogen-bond acceptors (Lipinski definition) is 3. The van der Waals surface area contributed by atoms with Gasteiger partial charge >= 0.3 is 12.0 Å². The van der Waals surface area contributed by atoms with Crippen LogP contribution in [0, 0.1) is 0 Å². The molecular formula is C14H18ClN3O3. The van der Waals surface area contributed by atoms with E-state index in [1.807, 2.05) is 7.05 Å². The van der Waals surface area contributed by atoms with E-state index in [1.165, 1.54) is 4.90 Å². The van der Waals surface area contributed by atoms with E-state index in [1.54, 1.807) is 24.3 Å². The monoisotopic (exact) mass is 311 g/mol. The normalized spacial score (nSPS) is 18.5. The van der Waals surface area contributed by atoms with Crippen LogP contribution < -0.4 is 10.2 Å². The molecule has 6 nitrogen and oxygen atoms in total. The maximum Gasteiger partial charge on any atom is 0.323 e. The van der Waals surface area contributed by atoms with Crippen molar-refractivity contribution in [3.05, 3.63) is 29.3 Å². The highest BCUT2D eigenvalue weighted by Crippen LogP contribution is 2.18. The van der Waals surface area contributed by atoms with Gasteiger partial charge in [0.25, 0.3) is 0 Å². The van der Waals surface area contributed by atoms with E-state index in [0.717, 1.165) is 19.5 Å². The number of nitrogens with zero attached hydrogens (tertiary/aromatic N) is 2. The van der Waals surface area contributed by atoms with Crippen molar-refractivity contribution >= 4 is 29.3 Å². The summed E-state index contributed by atoms with van der Waals surface area (Å²) in [4.78, 5) is 26.6. The molecule has 2 amide bonds. The number of carbonyl (C=O) groups excluding carboxylic acids is 1. The molecule has 1 saturated heterocycles. The van der Waals surface area contributed by atoms with Crippen molar-refractivity contribution in [1.29, 1.82) is 0 Å². The van der Waals surface area contributed by atoms with Gasteiger partial charge in [0.15, 0.2) is 0 Å². The van der Waals surface area contributed by atoms with Crippen LogP contribution in [-0.4, -0.2) is 54.7 Å². The number of carboxylic acids is 1. The van der Waals surface area contributed by atoms with E-state index in [4.69, 9.17) is 16.7 Å². The van der Waals surface area contributed by atoms with Gasteiger partial charge in [-0.3, -0.25) is 9.69 Å². The van der Waals surface area contributed by atoms with Crippen LogP contribution in [0.2, 0.25) is 5.02 Å². The summed E-state index contributed by atoms with van der Waals surface area (Å²) in [6.45, 7) is 1.30. The zero-order valence-electron chi connectivity index (χ0n) is 11.8. The van der Waals surface area contributed by atoms with E-state index in [2.05, 4.69) is 10.2 Å². The lowest BCUT2D eigenvalue weighted by Gasteiger charge is -2.23. The Morgan fingerprint density at radius 3 is 2.62 bits per heavy atom. The zero-order valence-corrected chi connectivity index (χ0v) is 12.5. The summed E-state index contributed by atoms with van der Waals surface area (Å²) in [5, 5.41) is 12.4. The number of likely N-dealkylation sites (N-methyl/N-ethyl adjacent to an activating group) is 1. The standard InChI is InChI=1S/C14H18ClN3O3/c1-17-7-6-11(8-17)16-14(21)18(9-13(19)20)12-4-2-10(15)3-5-12/h2-5,11H,6-9H2,1H3,(H,16,21)(H,19,20). The molecule has 0 radical (unpaired) electrons. The summed E-state index contributed by atoms with van der Waals surface area (Å²) in [7, 11) is 1.99. The lowest BCUT2D eigenvalue weighted by Crippen LogP contribution is -2.47. The van der Waals surface area contributed by atoms with Crippen LogP contribution in [0.15, 0.2) is 24.3 Å². The number of urea groups is 1. The summed E-state index contributed by atoms with van der Waals surface area (Å²) in [6, 6.07) is 6.16. The number of rotatable bonds is 4. The summed E-state index contributed by atoms with van der Waals surface area (Å²) in [5.41, 5.74) is 0.505. The second-order valence-electron chi connectivity index (χ2n) is 5.15. The number of benzene rings is 1. The fourth-order valence-corrected chi connectivity index (χ4v) is 2.47. The third kappa shape index (κ3) is 4.34. The molecule has 1 atom stereocenters. The van der Waals surface area contributed by atoms with E-state index >= 15 is 0 Å². The molecule has 0 saturated carbocycles. The number of carbonyl (C=O) groups is 2. The molecule has 114 valence electrons. The van der Waals surface area contributed by atoms with Gasteiger partial charge in [0.2, 0.25) is 0 Å². The lowest BCUT2D eigenvalue weighted by atomic mass is 10.2. The predicted molar refractivity (Wildman–Crippen MR) is 80.9 cm³/mol. The predicted octanol–water partition coefficient (Wildman–Crippen LogP) is 1.64. The number of amides is 2. The Morgan fingerprint density at radius 2 is 2.10 bits per heavy atom. The number of halogens is 1. The third-order valence-electron chi connectivity index (χ3n) is 3.40. The van der Waals surface area contributed by atoms with Crippen molar-refractivity contribution in [2.24, 2.45) is 0 Å². The molecule has 1 aliphatic rings. The summed E-state index contributed by atoms with van der Waals surface area (Å²) < 4.78 is 0. The average Bonchev–Trinajstić information content (AvgIpc) is 2.82. The summed E-state index contributed by atoms with van der Waals surface area (Å²) in [5.74, 6) is -1.07. The van der Waals surface area contributed by atoms with Crippen molar-refractivity contribution in [2.45, 2.75) is 12.5 Å². The largest absolute Gasteiger partial charge is 0.480 e. The quantitative estimate of drug-likeness (QED) is 0.886. The Morgan fingerprint density at radius 1 is 1.43 bits per heavy atom. The maximum absolute atomic E-state index is 12.3. The third-order valence-corrected chi connectivity index (χ3v) is 3.65. The molecule has 0 aromatic heterocycles. The molecule has 1 fully saturated rings. The Balaban J connectivity index is 2.09. The molecule has 21 heavy (non-hydrogen) atoms. The fourth-order valence-electron chi connectivity index (χ4n) is 2.34. The van der Waals surface area contributed by atoms with Crippen LogP contribution in [0.3, 0.4) is 0 Å². The second-order valence-corrected chi connectivity index (χ2v) is 5.59. The lowest BCUT2D eigenvalue weighted by molar-refractivity contribution is -0.135. The van der Waals surface area contributed by atoms with Crippen LogP contribution >= 0.6 is 11.6 Å². The van der Waals surface area contributed by atoms with E-state index in [-0.39, 0.29) is 6.04 Å². The van der Waals surface area contributed by atoms with Crippen LogP contribution in [0.25, 0.3) is 0 Å². The van der Waals surface area contributed by atoms with Gasteiger partial charge in [-0.05, 0) is 44.3 Å². The molecule has 1 heterocycles. The van der Waals surface area contributed by atoms with Gasteiger partial charge in [-0.2, -0.15) is 0 Å². The number of likely N-dealkylation sites (tertiary alicyclic amines) is 1. The fraction of sp³-hybridized carbons (Fsp3) is 0.429. The van der Waals surface area contributed by atoms with Crippen molar-refractivity contribution in [3.8, 4) is 0 Å². The number of nitrogens with one attached hydrogen (secondary N) is 1. The van der Waals surface area contributed by atoms with Gasteiger partial charge in [-0.1, -0.05) is 11.6 Å². The van der Waals surface area contributed by atoms with Gasteiger partial charge in [0, 0.05) is 23.3 Å². The number of carboxylic acid groups (broad SMARTS) is 1. The molecule has 0 spiro atoms. The van der Waals surface area contributed by atoms with Gasteiger partial charge in [0.1, 0.15) is 6.54 Å². The van der Waals surface area contributed by atoms with Gasteiger partial charge < -0.3 is 15.3 Å². The van der Waals surface area contributed by atoms with Crippen LogP contribution in [0.5, 0.6) is 0 Å². The summed E-state index contributed by atoms with van der Waals surface area (Å²) in [6.07, 6.45) is 0.865. The first-order valence-corrected chi connectivity index (χ1v) is 7.07. The molecule has 1 aromatic carbocycles. The van der Waals surface area contributed by atoms with Gasteiger partial charge in [0.05, 0.1) is 0 Å². The van der Waals surface area contributed by atoms with Crippen LogP contribution in [0.4, 0.5) is 10.5 Å². The number of anilines is 1. The summed E-state index contributed by atoms with van der Waals surface area (Å²) >= 11 is 5.81. The zero-order chi connectivity index (χ0) is 15.4. The van der Waals surface area contributed by atoms with E-state index in [9.17, 15) is 9.59 Å². The smallest absolute Gasteiger partial charge is 0.323 e. The Hall–Kier alpha value is -1.79. The van der Waals surface area contributed by atoms with Crippen molar-refractivity contribution < 1.29 is 14.7 Å². The topological polar surface area (TPSA) is 72.9 Å². The molecule has 1 aliphatic heterocycles. The van der Waals surface area contributed by atoms with Crippen molar-refractivity contribution in [3.63, 3.8) is 0 Å². The van der Waals surface area contributed by atoms with E-state index < -0.39 is 18.5 Å². The molecule has 0 bridgehead atoms. The molecule has 1 unspecified atom stereocenters. The molecule has 2 N–H and O–H groups in total. The van der Waals surface area contributed by atoms with Crippen molar-refractivity contribution in [2.75, 3.05) is 31.6 Å². The minimum atomic E-state index is -1.07. The maximum atomic E-state index is 12.3. The first kappa shape index (κ1) is 15.6. The minimum absolute atomic E-state index is 0.0473. The highest BCUT2D eigenvalue weighted by molar-refractivity contribution is 6.30. The molecular weight excluding hydrogens is 294 g/mol. The van der Waals surface area contributed by atoms with Gasteiger partial charge in [-0.15, -0.1) is 0 Å². The van der Waals surface area contributed by atoms with Crippen molar-refractivity contribution in [1.82, 2.24) is 10.2 Å². The van der Waals surface area contributed by atoms with Gasteiger partial charge in [-0.25, -0.2) is 4.79 Å². The molecule has 7 heteroatoms. The Kier molecular flexibility index (Phi) is 5.03. The van der Waals surface area contributed by atoms with Crippen LogP contribution in [0.1, 0.15) is 6.42 Å². The average molecular weight is 312 g/mol.